The Hall–Kier alpha value is -1.99. The van der Waals surface area contributed by atoms with Crippen LogP contribution in [0.1, 0.15) is 19.8 Å². The van der Waals surface area contributed by atoms with Crippen LogP contribution >= 0.6 is 12.2 Å². The highest BCUT2D eigenvalue weighted by Crippen LogP contribution is 2.13. The van der Waals surface area contributed by atoms with Gasteiger partial charge >= 0.3 is 5.97 Å². The van der Waals surface area contributed by atoms with Gasteiger partial charge in [-0.3, -0.25) is 9.89 Å². The Morgan fingerprint density at radius 2 is 2.25 bits per heavy atom. The quantitative estimate of drug-likeness (QED) is 0.634. The number of benzene rings is 1. The molecule has 1 fully saturated rings. The van der Waals surface area contributed by atoms with Gasteiger partial charge in [-0.05, 0) is 32.0 Å². The van der Waals surface area contributed by atoms with Crippen LogP contribution in [-0.2, 0) is 16.2 Å². The molecule has 24 heavy (non-hydrogen) atoms. The van der Waals surface area contributed by atoms with E-state index in [1.54, 1.807) is 0 Å². The molecular formula is C17H23N4O2S+. The van der Waals surface area contributed by atoms with Gasteiger partial charge < -0.3 is 9.64 Å². The second kappa shape index (κ2) is 7.72. The van der Waals surface area contributed by atoms with Crippen molar-refractivity contribution in [3.63, 3.8) is 0 Å². The average molecular weight is 347 g/mol. The fourth-order valence-corrected chi connectivity index (χ4v) is 3.37. The molecule has 0 aliphatic carbocycles. The van der Waals surface area contributed by atoms with Crippen LogP contribution in [0.5, 0.6) is 0 Å². The maximum atomic E-state index is 12.0. The Morgan fingerprint density at radius 1 is 1.46 bits per heavy atom. The number of quaternary nitrogens is 1. The number of carbonyl (C=O) groups excluding carboxylic acids is 1. The number of piperidine rings is 1. The van der Waals surface area contributed by atoms with Crippen LogP contribution in [0.2, 0.25) is 0 Å². The molecule has 2 heterocycles. The SMILES string of the molecule is CCOC(=O)[C@@H]1CCC[NH+](Cn2[nH]c(-c3ccccc3)nc2=S)C1. The number of hydrogen-bond donors (Lipinski definition) is 2. The second-order valence-corrected chi connectivity index (χ2v) is 6.47. The molecule has 1 unspecified atom stereocenters. The van der Waals surface area contributed by atoms with E-state index >= 15 is 0 Å². The first kappa shape index (κ1) is 16.9. The number of H-pyrrole nitrogens is 1. The first-order chi connectivity index (χ1) is 11.7. The third-order valence-electron chi connectivity index (χ3n) is 4.35. The van der Waals surface area contributed by atoms with Crippen molar-refractivity contribution in [2.75, 3.05) is 19.7 Å². The zero-order valence-electron chi connectivity index (χ0n) is 13.8. The number of esters is 1. The summed E-state index contributed by atoms with van der Waals surface area (Å²) < 4.78 is 7.60. The van der Waals surface area contributed by atoms with Crippen LogP contribution in [0.25, 0.3) is 11.4 Å². The number of nitrogens with one attached hydrogen (secondary N) is 2. The number of hydrogen-bond acceptors (Lipinski definition) is 4. The van der Waals surface area contributed by atoms with Crippen molar-refractivity contribution in [1.29, 1.82) is 0 Å². The second-order valence-electron chi connectivity index (χ2n) is 6.10. The molecule has 1 aliphatic rings. The summed E-state index contributed by atoms with van der Waals surface area (Å²) in [6.45, 7) is 4.78. The summed E-state index contributed by atoms with van der Waals surface area (Å²) in [5.41, 5.74) is 1.01. The molecule has 1 saturated heterocycles. The predicted octanol–water partition coefficient (Wildman–Crippen LogP) is 1.42. The predicted molar refractivity (Wildman–Crippen MR) is 92.9 cm³/mol. The minimum Gasteiger partial charge on any atom is -0.466 e. The molecule has 2 atom stereocenters. The van der Waals surface area contributed by atoms with E-state index in [2.05, 4.69) is 10.1 Å². The zero-order valence-corrected chi connectivity index (χ0v) is 14.6. The Kier molecular flexibility index (Phi) is 5.42. The first-order valence-corrected chi connectivity index (χ1v) is 8.80. The number of aromatic amines is 1. The van der Waals surface area contributed by atoms with E-state index in [0.717, 1.165) is 37.3 Å². The largest absolute Gasteiger partial charge is 0.466 e. The van der Waals surface area contributed by atoms with Crippen LogP contribution < -0.4 is 4.90 Å². The molecule has 0 amide bonds. The normalized spacial score (nSPS) is 20.7. The van der Waals surface area contributed by atoms with Gasteiger partial charge in [0.25, 0.3) is 0 Å². The summed E-state index contributed by atoms with van der Waals surface area (Å²) in [5.74, 6) is 0.686. The van der Waals surface area contributed by atoms with Gasteiger partial charge in [0, 0.05) is 5.56 Å². The maximum Gasteiger partial charge on any atom is 0.314 e. The molecule has 0 saturated carbocycles. The van der Waals surface area contributed by atoms with Crippen molar-refractivity contribution in [3.8, 4) is 11.4 Å². The minimum atomic E-state index is -0.0760. The van der Waals surface area contributed by atoms with Gasteiger partial charge in [0.1, 0.15) is 5.92 Å². The highest BCUT2D eigenvalue weighted by molar-refractivity contribution is 7.71. The maximum absolute atomic E-state index is 12.0. The van der Waals surface area contributed by atoms with Crippen LogP contribution in [0.15, 0.2) is 30.3 Å². The van der Waals surface area contributed by atoms with Gasteiger partial charge in [-0.25, -0.2) is 4.68 Å². The van der Waals surface area contributed by atoms with Crippen LogP contribution in [0.4, 0.5) is 0 Å². The topological polar surface area (TPSA) is 64.3 Å². The standard InChI is InChI=1S/C17H22N4O2S/c1-2-23-16(22)14-9-6-10-20(11-14)12-21-17(24)18-15(19-21)13-7-4-3-5-8-13/h3-5,7-8,14H,2,6,9-12H2,1H3,(H,18,19,24)/p+1/t14-/m1/s1. The Bertz CT molecular complexity index is 741. The first-order valence-electron chi connectivity index (χ1n) is 8.40. The molecule has 3 rings (SSSR count). The summed E-state index contributed by atoms with van der Waals surface area (Å²) in [4.78, 5) is 17.7. The summed E-state index contributed by atoms with van der Waals surface area (Å²) in [5, 5.41) is 3.28. The van der Waals surface area contributed by atoms with Crippen molar-refractivity contribution in [2.45, 2.75) is 26.4 Å². The number of aromatic nitrogens is 3. The average Bonchev–Trinajstić information content (AvgIpc) is 2.97. The fourth-order valence-electron chi connectivity index (χ4n) is 3.17. The van der Waals surface area contributed by atoms with E-state index in [1.807, 2.05) is 41.9 Å². The van der Waals surface area contributed by atoms with Crippen LogP contribution in [0, 0.1) is 10.7 Å². The van der Waals surface area contributed by atoms with Gasteiger partial charge in [-0.2, -0.15) is 4.98 Å². The molecule has 6 nitrogen and oxygen atoms in total. The van der Waals surface area contributed by atoms with Gasteiger partial charge in [0.05, 0.1) is 19.7 Å². The van der Waals surface area contributed by atoms with Gasteiger partial charge in [-0.1, -0.05) is 30.3 Å². The van der Waals surface area contributed by atoms with E-state index in [0.29, 0.717) is 18.0 Å². The highest BCUT2D eigenvalue weighted by Gasteiger charge is 2.30. The fraction of sp³-hybridized carbons (Fsp3) is 0.471. The smallest absolute Gasteiger partial charge is 0.314 e. The third kappa shape index (κ3) is 3.91. The minimum absolute atomic E-state index is 0.0145. The molecule has 1 aliphatic heterocycles. The van der Waals surface area contributed by atoms with Crippen LogP contribution in [0.3, 0.4) is 0 Å². The lowest BCUT2D eigenvalue weighted by Crippen LogP contribution is -3.13. The third-order valence-corrected chi connectivity index (χ3v) is 4.66. The molecule has 7 heteroatoms. The van der Waals surface area contributed by atoms with Crippen molar-refractivity contribution in [3.05, 3.63) is 35.1 Å². The molecule has 0 radical (unpaired) electrons. The summed E-state index contributed by atoms with van der Waals surface area (Å²) in [7, 11) is 0. The van der Waals surface area contributed by atoms with Gasteiger partial charge in [0.2, 0.25) is 4.77 Å². The molecule has 0 bridgehead atoms. The molecule has 2 aromatic rings. The summed E-state index contributed by atoms with van der Waals surface area (Å²) in [6, 6.07) is 9.93. The van der Waals surface area contributed by atoms with E-state index < -0.39 is 0 Å². The number of ether oxygens (including phenoxy) is 1. The number of nitrogens with zero attached hydrogens (tertiary/aromatic N) is 2. The molecule has 2 N–H and O–H groups in total. The Labute approximate surface area is 146 Å². The van der Waals surface area contributed by atoms with Crippen molar-refractivity contribution in [2.24, 2.45) is 5.92 Å². The number of likely N-dealkylation sites (tertiary alicyclic amines) is 1. The summed E-state index contributed by atoms with van der Waals surface area (Å²) >= 11 is 5.38. The monoisotopic (exact) mass is 347 g/mol. The highest BCUT2D eigenvalue weighted by atomic mass is 32.1. The van der Waals surface area contributed by atoms with Crippen molar-refractivity contribution < 1.29 is 14.4 Å². The van der Waals surface area contributed by atoms with Crippen molar-refractivity contribution >= 4 is 18.2 Å². The van der Waals surface area contributed by atoms with Gasteiger partial charge in [-0.15, -0.1) is 0 Å². The molecule has 1 aromatic heterocycles. The Balaban J connectivity index is 1.69. The molecular weight excluding hydrogens is 324 g/mol. The summed E-state index contributed by atoms with van der Waals surface area (Å²) in [6.07, 6.45) is 1.93. The van der Waals surface area contributed by atoms with E-state index in [4.69, 9.17) is 17.0 Å². The molecule has 128 valence electrons. The number of rotatable bonds is 5. The van der Waals surface area contributed by atoms with Crippen molar-refractivity contribution in [1.82, 2.24) is 14.8 Å². The lowest BCUT2D eigenvalue weighted by Gasteiger charge is -2.28. The van der Waals surface area contributed by atoms with E-state index in [1.165, 1.54) is 4.90 Å². The zero-order chi connectivity index (χ0) is 16.9. The van der Waals surface area contributed by atoms with E-state index in [-0.39, 0.29) is 11.9 Å². The Morgan fingerprint density at radius 3 is 3.00 bits per heavy atom. The van der Waals surface area contributed by atoms with E-state index in [9.17, 15) is 4.79 Å². The van der Waals surface area contributed by atoms with Crippen LogP contribution in [-0.4, -0.2) is 40.4 Å². The molecule has 1 aromatic carbocycles. The number of carbonyl (C=O) groups is 1. The molecule has 0 spiro atoms. The lowest BCUT2D eigenvalue weighted by atomic mass is 9.99. The van der Waals surface area contributed by atoms with Gasteiger partial charge in [0.15, 0.2) is 12.5 Å². The lowest BCUT2D eigenvalue weighted by molar-refractivity contribution is -0.930.